The van der Waals surface area contributed by atoms with Crippen molar-refractivity contribution < 1.29 is 19.1 Å². The molecule has 0 spiro atoms. The summed E-state index contributed by atoms with van der Waals surface area (Å²) in [6.45, 7) is 1.76. The summed E-state index contributed by atoms with van der Waals surface area (Å²) < 4.78 is 9.56. The van der Waals surface area contributed by atoms with Gasteiger partial charge in [-0.25, -0.2) is 4.79 Å². The summed E-state index contributed by atoms with van der Waals surface area (Å²) in [5, 5.41) is 10.9. The van der Waals surface area contributed by atoms with E-state index in [4.69, 9.17) is 10.00 Å². The quantitative estimate of drug-likeness (QED) is 0.669. The summed E-state index contributed by atoms with van der Waals surface area (Å²) in [6, 6.07) is 8.51. The van der Waals surface area contributed by atoms with Crippen LogP contribution in [0.1, 0.15) is 12.5 Å². The van der Waals surface area contributed by atoms with Gasteiger partial charge >= 0.3 is 6.09 Å². The van der Waals surface area contributed by atoms with Crippen molar-refractivity contribution in [1.29, 1.82) is 5.26 Å². The zero-order valence-electron chi connectivity index (χ0n) is 11.2. The second kappa shape index (κ2) is 7.59. The van der Waals surface area contributed by atoms with Gasteiger partial charge in [0.1, 0.15) is 17.4 Å². The minimum Gasteiger partial charge on any atom is -0.497 e. The molecule has 2 amide bonds. The average Bonchev–Trinajstić information content (AvgIpc) is 2.45. The lowest BCUT2D eigenvalue weighted by Crippen LogP contribution is -2.31. The lowest BCUT2D eigenvalue weighted by molar-refractivity contribution is -0.116. The lowest BCUT2D eigenvalue weighted by atomic mass is 10.1. The molecule has 0 aromatic heterocycles. The fraction of sp³-hybridized carbons (Fsp3) is 0.214. The molecule has 0 saturated carbocycles. The van der Waals surface area contributed by atoms with Crippen LogP contribution in [0.3, 0.4) is 0 Å². The molecule has 1 aromatic rings. The fourth-order valence-corrected chi connectivity index (χ4v) is 1.34. The van der Waals surface area contributed by atoms with Crippen molar-refractivity contribution in [3.05, 3.63) is 35.4 Å². The molecule has 6 nitrogen and oxygen atoms in total. The number of methoxy groups -OCH3 is 1. The molecule has 0 aliphatic carbocycles. The molecule has 0 unspecified atom stereocenters. The number of carbonyl (C=O) groups is 2. The minimum atomic E-state index is -0.881. The number of imide groups is 1. The molecule has 0 atom stereocenters. The van der Waals surface area contributed by atoms with Gasteiger partial charge < -0.3 is 9.47 Å². The van der Waals surface area contributed by atoms with E-state index in [1.165, 1.54) is 6.08 Å². The highest BCUT2D eigenvalue weighted by molar-refractivity contribution is 6.07. The Morgan fingerprint density at radius 2 is 2.00 bits per heavy atom. The molecule has 6 heteroatoms. The number of amides is 2. The van der Waals surface area contributed by atoms with Crippen LogP contribution in [0, 0.1) is 11.3 Å². The normalized spacial score (nSPS) is 10.3. The fourth-order valence-electron chi connectivity index (χ4n) is 1.34. The van der Waals surface area contributed by atoms with Crippen LogP contribution >= 0.6 is 0 Å². The van der Waals surface area contributed by atoms with E-state index in [2.05, 4.69) is 4.74 Å². The molecular formula is C14H14N2O4. The molecule has 0 saturated heterocycles. The maximum atomic E-state index is 11.7. The van der Waals surface area contributed by atoms with Crippen molar-refractivity contribution in [2.45, 2.75) is 6.92 Å². The number of rotatable bonds is 4. The number of hydrogen-bond acceptors (Lipinski definition) is 5. The van der Waals surface area contributed by atoms with Crippen molar-refractivity contribution in [3.63, 3.8) is 0 Å². The van der Waals surface area contributed by atoms with Crippen LogP contribution in [0.5, 0.6) is 5.75 Å². The molecule has 20 heavy (non-hydrogen) atoms. The zero-order chi connectivity index (χ0) is 15.0. The number of hydrogen-bond donors (Lipinski definition) is 1. The van der Waals surface area contributed by atoms with Gasteiger partial charge in [-0.2, -0.15) is 5.26 Å². The molecule has 0 bridgehead atoms. The van der Waals surface area contributed by atoms with E-state index in [0.717, 1.165) is 0 Å². The second-order valence-corrected chi connectivity index (χ2v) is 3.62. The Bertz CT molecular complexity index is 556. The summed E-state index contributed by atoms with van der Waals surface area (Å²) in [5.41, 5.74) is 0.449. The van der Waals surface area contributed by atoms with E-state index in [1.807, 2.05) is 5.32 Å². The Kier molecular flexibility index (Phi) is 5.78. The van der Waals surface area contributed by atoms with Gasteiger partial charge in [0.25, 0.3) is 5.91 Å². The van der Waals surface area contributed by atoms with Gasteiger partial charge in [0.05, 0.1) is 13.7 Å². The smallest absolute Gasteiger partial charge is 0.414 e. The van der Waals surface area contributed by atoms with Crippen molar-refractivity contribution >= 4 is 18.1 Å². The first-order chi connectivity index (χ1) is 9.60. The molecule has 104 valence electrons. The van der Waals surface area contributed by atoms with Crippen molar-refractivity contribution in [3.8, 4) is 11.8 Å². The average molecular weight is 274 g/mol. The Morgan fingerprint density at radius 3 is 2.50 bits per heavy atom. The number of nitrogens with one attached hydrogen (secondary N) is 1. The van der Waals surface area contributed by atoms with Crippen LogP contribution in [0.2, 0.25) is 0 Å². The molecular weight excluding hydrogens is 260 g/mol. The van der Waals surface area contributed by atoms with E-state index in [9.17, 15) is 9.59 Å². The van der Waals surface area contributed by atoms with Crippen LogP contribution in [-0.2, 0) is 9.53 Å². The van der Waals surface area contributed by atoms with Crippen LogP contribution in [0.4, 0.5) is 4.79 Å². The monoisotopic (exact) mass is 274 g/mol. The molecule has 1 aromatic carbocycles. The molecule has 1 N–H and O–H groups in total. The second-order valence-electron chi connectivity index (χ2n) is 3.62. The van der Waals surface area contributed by atoms with Crippen molar-refractivity contribution in [2.24, 2.45) is 0 Å². The highest BCUT2D eigenvalue weighted by atomic mass is 16.5. The van der Waals surface area contributed by atoms with E-state index in [1.54, 1.807) is 44.4 Å². The van der Waals surface area contributed by atoms with Gasteiger partial charge in [-0.3, -0.25) is 10.1 Å². The van der Waals surface area contributed by atoms with Gasteiger partial charge in [0.15, 0.2) is 0 Å². The summed E-state index contributed by atoms with van der Waals surface area (Å²) in [7, 11) is 1.54. The first-order valence-electron chi connectivity index (χ1n) is 5.84. The summed E-state index contributed by atoms with van der Waals surface area (Å²) in [6.07, 6.45) is 0.488. The highest BCUT2D eigenvalue weighted by Crippen LogP contribution is 2.13. The number of nitrogens with zero attached hydrogens (tertiary/aromatic N) is 1. The number of alkyl carbamates (subject to hydrolysis) is 1. The van der Waals surface area contributed by atoms with E-state index in [0.29, 0.717) is 11.3 Å². The third-order valence-corrected chi connectivity index (χ3v) is 2.28. The Morgan fingerprint density at radius 1 is 1.35 bits per heavy atom. The molecule has 0 aliphatic rings. The highest BCUT2D eigenvalue weighted by Gasteiger charge is 2.13. The number of carbonyl (C=O) groups excluding carboxylic acids is 2. The molecule has 0 radical (unpaired) electrons. The molecule has 0 aliphatic heterocycles. The SMILES string of the molecule is CCOC(=O)NC(=O)/C(C#N)=C\c1ccc(OC)cc1. The number of ether oxygens (including phenoxy) is 2. The van der Waals surface area contributed by atoms with Crippen LogP contribution in [0.15, 0.2) is 29.8 Å². The number of benzene rings is 1. The largest absolute Gasteiger partial charge is 0.497 e. The predicted molar refractivity (Wildman–Crippen MR) is 71.7 cm³/mol. The maximum Gasteiger partial charge on any atom is 0.414 e. The van der Waals surface area contributed by atoms with E-state index in [-0.39, 0.29) is 12.2 Å². The lowest BCUT2D eigenvalue weighted by Gasteiger charge is -2.03. The predicted octanol–water partition coefficient (Wildman–Crippen LogP) is 1.87. The third kappa shape index (κ3) is 4.46. The van der Waals surface area contributed by atoms with Gasteiger partial charge in [0.2, 0.25) is 0 Å². The molecule has 1 rings (SSSR count). The summed E-state index contributed by atoms with van der Waals surface area (Å²) in [4.78, 5) is 22.8. The topological polar surface area (TPSA) is 88.4 Å². The van der Waals surface area contributed by atoms with E-state index >= 15 is 0 Å². The van der Waals surface area contributed by atoms with Gasteiger partial charge in [-0.05, 0) is 30.7 Å². The van der Waals surface area contributed by atoms with Gasteiger partial charge in [-0.1, -0.05) is 12.1 Å². The molecule has 0 fully saturated rings. The first kappa shape index (κ1) is 15.2. The minimum absolute atomic E-state index is 0.142. The van der Waals surface area contributed by atoms with Gasteiger partial charge in [0, 0.05) is 0 Å². The zero-order valence-corrected chi connectivity index (χ0v) is 11.2. The Hall–Kier alpha value is -2.81. The van der Waals surface area contributed by atoms with Crippen LogP contribution in [0.25, 0.3) is 6.08 Å². The third-order valence-electron chi connectivity index (χ3n) is 2.28. The summed E-state index contributed by atoms with van der Waals surface area (Å²) in [5.74, 6) is -0.140. The first-order valence-corrected chi connectivity index (χ1v) is 5.84. The Balaban J connectivity index is 2.83. The summed E-state index contributed by atoms with van der Waals surface area (Å²) >= 11 is 0. The standard InChI is InChI=1S/C14H14N2O4/c1-3-20-14(18)16-13(17)11(9-15)8-10-4-6-12(19-2)7-5-10/h4-8H,3H2,1-2H3,(H,16,17,18)/b11-8-. The van der Waals surface area contributed by atoms with Gasteiger partial charge in [-0.15, -0.1) is 0 Å². The van der Waals surface area contributed by atoms with Crippen molar-refractivity contribution in [1.82, 2.24) is 5.32 Å². The maximum absolute atomic E-state index is 11.7. The van der Waals surface area contributed by atoms with E-state index < -0.39 is 12.0 Å². The number of nitriles is 1. The Labute approximate surface area is 116 Å². The van der Waals surface area contributed by atoms with Crippen LogP contribution in [-0.4, -0.2) is 25.7 Å². The van der Waals surface area contributed by atoms with Crippen molar-refractivity contribution in [2.75, 3.05) is 13.7 Å². The van der Waals surface area contributed by atoms with Crippen LogP contribution < -0.4 is 10.1 Å². The molecule has 0 heterocycles.